The largest absolute Gasteiger partial charge is 0.390 e. The van der Waals surface area contributed by atoms with Crippen LogP contribution in [0.4, 0.5) is 5.82 Å². The summed E-state index contributed by atoms with van der Waals surface area (Å²) in [6.07, 6.45) is 2.48. The lowest BCUT2D eigenvalue weighted by Gasteiger charge is -2.22. The second-order valence-corrected chi connectivity index (χ2v) is 3.83. The molecule has 0 aromatic carbocycles. The molecule has 1 aliphatic rings. The van der Waals surface area contributed by atoms with Crippen molar-refractivity contribution >= 4 is 5.82 Å². The fourth-order valence-corrected chi connectivity index (χ4v) is 1.99. The molecular weight excluding hydrogens is 176 g/mol. The van der Waals surface area contributed by atoms with Gasteiger partial charge in [-0.3, -0.25) is 0 Å². The van der Waals surface area contributed by atoms with E-state index in [1.807, 2.05) is 18.2 Å². The van der Waals surface area contributed by atoms with E-state index >= 15 is 0 Å². The van der Waals surface area contributed by atoms with Gasteiger partial charge in [0.2, 0.25) is 0 Å². The lowest BCUT2D eigenvalue weighted by molar-refractivity contribution is 0.277. The highest BCUT2D eigenvalue weighted by Gasteiger charge is 2.21. The molecule has 0 saturated carbocycles. The van der Waals surface area contributed by atoms with Crippen LogP contribution in [0.1, 0.15) is 25.5 Å². The molecule has 3 heteroatoms. The van der Waals surface area contributed by atoms with E-state index in [2.05, 4.69) is 16.8 Å². The normalized spacial score (nSPS) is 21.6. The van der Waals surface area contributed by atoms with Crippen LogP contribution in [0.2, 0.25) is 0 Å². The summed E-state index contributed by atoms with van der Waals surface area (Å²) in [5.74, 6) is 1.00. The Kier molecular flexibility index (Phi) is 2.68. The van der Waals surface area contributed by atoms with E-state index in [0.29, 0.717) is 6.04 Å². The van der Waals surface area contributed by atoms with Crippen molar-refractivity contribution < 1.29 is 5.11 Å². The van der Waals surface area contributed by atoms with Crippen LogP contribution in [0.5, 0.6) is 0 Å². The maximum atomic E-state index is 8.99. The molecular formula is C11H16N2O. The van der Waals surface area contributed by atoms with Crippen LogP contribution in [0.3, 0.4) is 0 Å². The minimum atomic E-state index is 0.0239. The van der Waals surface area contributed by atoms with E-state index in [9.17, 15) is 0 Å². The molecule has 1 atom stereocenters. The van der Waals surface area contributed by atoms with E-state index in [4.69, 9.17) is 5.11 Å². The molecule has 0 bridgehead atoms. The Labute approximate surface area is 84.4 Å². The van der Waals surface area contributed by atoms with Gasteiger partial charge in [-0.2, -0.15) is 0 Å². The van der Waals surface area contributed by atoms with Gasteiger partial charge in [0.05, 0.1) is 12.3 Å². The highest BCUT2D eigenvalue weighted by molar-refractivity contribution is 5.41. The zero-order chi connectivity index (χ0) is 9.97. The number of pyridine rings is 1. The highest BCUT2D eigenvalue weighted by Crippen LogP contribution is 2.23. The number of aromatic nitrogens is 1. The molecule has 0 aliphatic carbocycles. The summed E-state index contributed by atoms with van der Waals surface area (Å²) in [5, 5.41) is 8.99. The van der Waals surface area contributed by atoms with Gasteiger partial charge in [-0.1, -0.05) is 6.07 Å². The van der Waals surface area contributed by atoms with Crippen molar-refractivity contribution in [2.45, 2.75) is 32.4 Å². The molecule has 0 spiro atoms. The van der Waals surface area contributed by atoms with Crippen LogP contribution in [0.25, 0.3) is 0 Å². The van der Waals surface area contributed by atoms with Crippen LogP contribution in [0.15, 0.2) is 18.2 Å². The maximum absolute atomic E-state index is 8.99. The average molecular weight is 192 g/mol. The Balaban J connectivity index is 2.22. The van der Waals surface area contributed by atoms with Gasteiger partial charge < -0.3 is 10.0 Å². The molecule has 1 aromatic rings. The standard InChI is InChI=1S/C11H16N2O/c1-9-4-3-7-13(9)11-6-2-5-10(8-14)12-11/h2,5-6,9,14H,3-4,7-8H2,1H3/t9-/m1/s1. The zero-order valence-corrected chi connectivity index (χ0v) is 8.48. The van der Waals surface area contributed by atoms with E-state index in [-0.39, 0.29) is 6.61 Å². The van der Waals surface area contributed by atoms with Crippen molar-refractivity contribution in [2.24, 2.45) is 0 Å². The number of hydrogen-bond donors (Lipinski definition) is 1. The molecule has 1 fully saturated rings. The summed E-state index contributed by atoms with van der Waals surface area (Å²) in [4.78, 5) is 6.70. The van der Waals surface area contributed by atoms with Gasteiger partial charge in [-0.15, -0.1) is 0 Å². The first-order chi connectivity index (χ1) is 6.81. The lowest BCUT2D eigenvalue weighted by atomic mass is 10.2. The molecule has 2 heterocycles. The Hall–Kier alpha value is -1.09. The third kappa shape index (κ3) is 1.73. The topological polar surface area (TPSA) is 36.4 Å². The molecule has 0 radical (unpaired) electrons. The van der Waals surface area contributed by atoms with Crippen molar-refractivity contribution in [3.05, 3.63) is 23.9 Å². The van der Waals surface area contributed by atoms with Gasteiger partial charge in [-0.25, -0.2) is 4.98 Å². The molecule has 0 amide bonds. The summed E-state index contributed by atoms with van der Waals surface area (Å²) in [6.45, 7) is 3.33. The lowest BCUT2D eigenvalue weighted by Crippen LogP contribution is -2.27. The Morgan fingerprint density at radius 2 is 2.43 bits per heavy atom. The smallest absolute Gasteiger partial charge is 0.129 e. The van der Waals surface area contributed by atoms with Crippen LogP contribution >= 0.6 is 0 Å². The van der Waals surface area contributed by atoms with Gasteiger partial charge in [0, 0.05) is 12.6 Å². The highest BCUT2D eigenvalue weighted by atomic mass is 16.3. The Bertz CT molecular complexity index is 314. The summed E-state index contributed by atoms with van der Waals surface area (Å²) in [5.41, 5.74) is 0.751. The number of aliphatic hydroxyl groups excluding tert-OH is 1. The van der Waals surface area contributed by atoms with Crippen LogP contribution in [-0.4, -0.2) is 22.7 Å². The first-order valence-corrected chi connectivity index (χ1v) is 5.14. The Morgan fingerprint density at radius 3 is 3.07 bits per heavy atom. The van der Waals surface area contributed by atoms with Crippen LogP contribution in [-0.2, 0) is 6.61 Å². The zero-order valence-electron chi connectivity index (χ0n) is 8.48. The molecule has 3 nitrogen and oxygen atoms in total. The van der Waals surface area contributed by atoms with E-state index < -0.39 is 0 Å². The van der Waals surface area contributed by atoms with Crippen molar-refractivity contribution in [3.63, 3.8) is 0 Å². The third-order valence-corrected chi connectivity index (χ3v) is 2.80. The van der Waals surface area contributed by atoms with E-state index in [1.54, 1.807) is 0 Å². The fraction of sp³-hybridized carbons (Fsp3) is 0.545. The SMILES string of the molecule is C[C@@H]1CCCN1c1cccc(CO)n1. The van der Waals surface area contributed by atoms with Gasteiger partial charge in [-0.05, 0) is 31.9 Å². The van der Waals surface area contributed by atoms with E-state index in [1.165, 1.54) is 12.8 Å². The first-order valence-electron chi connectivity index (χ1n) is 5.14. The Morgan fingerprint density at radius 1 is 1.57 bits per heavy atom. The van der Waals surface area contributed by atoms with E-state index in [0.717, 1.165) is 18.1 Å². The second-order valence-electron chi connectivity index (χ2n) is 3.83. The van der Waals surface area contributed by atoms with Gasteiger partial charge >= 0.3 is 0 Å². The summed E-state index contributed by atoms with van der Waals surface area (Å²) >= 11 is 0. The third-order valence-electron chi connectivity index (χ3n) is 2.80. The van der Waals surface area contributed by atoms with Crippen LogP contribution in [0, 0.1) is 0 Å². The number of rotatable bonds is 2. The number of aliphatic hydroxyl groups is 1. The van der Waals surface area contributed by atoms with Crippen molar-refractivity contribution in [3.8, 4) is 0 Å². The number of hydrogen-bond acceptors (Lipinski definition) is 3. The first kappa shape index (κ1) is 9.46. The molecule has 1 aromatic heterocycles. The molecule has 1 N–H and O–H groups in total. The number of nitrogens with zero attached hydrogens (tertiary/aromatic N) is 2. The quantitative estimate of drug-likeness (QED) is 0.772. The number of anilines is 1. The minimum absolute atomic E-state index is 0.0239. The van der Waals surface area contributed by atoms with Crippen molar-refractivity contribution in [1.82, 2.24) is 4.98 Å². The predicted octanol–water partition coefficient (Wildman–Crippen LogP) is 1.56. The summed E-state index contributed by atoms with van der Waals surface area (Å²) in [6, 6.07) is 6.40. The maximum Gasteiger partial charge on any atom is 0.129 e. The fourth-order valence-electron chi connectivity index (χ4n) is 1.99. The average Bonchev–Trinajstić information content (AvgIpc) is 2.65. The summed E-state index contributed by atoms with van der Waals surface area (Å²) < 4.78 is 0. The van der Waals surface area contributed by atoms with Crippen molar-refractivity contribution in [2.75, 3.05) is 11.4 Å². The molecule has 1 aliphatic heterocycles. The molecule has 2 rings (SSSR count). The minimum Gasteiger partial charge on any atom is -0.390 e. The second kappa shape index (κ2) is 3.96. The van der Waals surface area contributed by atoms with Gasteiger partial charge in [0.15, 0.2) is 0 Å². The van der Waals surface area contributed by atoms with Gasteiger partial charge in [0.25, 0.3) is 0 Å². The summed E-state index contributed by atoms with van der Waals surface area (Å²) in [7, 11) is 0. The predicted molar refractivity (Wildman–Crippen MR) is 56.2 cm³/mol. The van der Waals surface area contributed by atoms with Crippen LogP contribution < -0.4 is 4.90 Å². The molecule has 0 unspecified atom stereocenters. The van der Waals surface area contributed by atoms with Gasteiger partial charge in [0.1, 0.15) is 5.82 Å². The molecule has 14 heavy (non-hydrogen) atoms. The monoisotopic (exact) mass is 192 g/mol. The molecule has 76 valence electrons. The molecule has 1 saturated heterocycles. The van der Waals surface area contributed by atoms with Crippen molar-refractivity contribution in [1.29, 1.82) is 0 Å².